The van der Waals surface area contributed by atoms with Crippen molar-refractivity contribution in [3.63, 3.8) is 0 Å². The molecule has 0 radical (unpaired) electrons. The molecule has 1 rings (SSSR count). The monoisotopic (exact) mass is 282 g/mol. The second-order valence-electron chi connectivity index (χ2n) is 4.70. The van der Waals surface area contributed by atoms with E-state index in [0.717, 1.165) is 25.8 Å². The summed E-state index contributed by atoms with van der Waals surface area (Å²) in [5, 5.41) is 3.19. The van der Waals surface area contributed by atoms with E-state index >= 15 is 0 Å². The van der Waals surface area contributed by atoms with Crippen LogP contribution in [0.1, 0.15) is 26.2 Å². The highest BCUT2D eigenvalue weighted by Gasteiger charge is 2.29. The fraction of sp³-hybridized carbons (Fsp3) is 0.917. The Morgan fingerprint density at radius 1 is 1.47 bits per heavy atom. The lowest BCUT2D eigenvalue weighted by Gasteiger charge is -2.34. The highest BCUT2D eigenvalue weighted by molar-refractivity contribution is 5.77. The zero-order valence-corrected chi connectivity index (χ0v) is 11.1. The number of ether oxygens (including phenoxy) is 1. The summed E-state index contributed by atoms with van der Waals surface area (Å²) in [7, 11) is 0. The average Bonchev–Trinajstić information content (AvgIpc) is 2.35. The predicted octanol–water partition coefficient (Wildman–Crippen LogP) is 1.56. The van der Waals surface area contributed by atoms with Gasteiger partial charge < -0.3 is 15.0 Å². The van der Waals surface area contributed by atoms with Gasteiger partial charge in [-0.15, -0.1) is 0 Å². The Morgan fingerprint density at radius 2 is 2.21 bits per heavy atom. The molecule has 1 heterocycles. The lowest BCUT2D eigenvalue weighted by molar-refractivity contribution is -0.178. The van der Waals surface area contributed by atoms with Crippen LogP contribution in [0.25, 0.3) is 0 Å². The van der Waals surface area contributed by atoms with Crippen molar-refractivity contribution in [1.29, 1.82) is 0 Å². The molecule has 19 heavy (non-hydrogen) atoms. The number of piperidine rings is 1. The summed E-state index contributed by atoms with van der Waals surface area (Å²) in [6, 6.07) is 0.0655. The summed E-state index contributed by atoms with van der Waals surface area (Å²) in [4.78, 5) is 13.6. The summed E-state index contributed by atoms with van der Waals surface area (Å²) in [6.45, 7) is 2.24. The molecule has 0 saturated carbocycles. The van der Waals surface area contributed by atoms with Gasteiger partial charge in [0.05, 0.1) is 0 Å². The minimum Gasteiger partial charge on any atom is -0.362 e. The van der Waals surface area contributed by atoms with Crippen LogP contribution in [0.3, 0.4) is 0 Å². The molecule has 1 atom stereocenters. The van der Waals surface area contributed by atoms with Crippen molar-refractivity contribution in [2.75, 3.05) is 32.8 Å². The van der Waals surface area contributed by atoms with Gasteiger partial charge in [-0.2, -0.15) is 13.2 Å². The van der Waals surface area contributed by atoms with Crippen LogP contribution in [-0.4, -0.2) is 55.9 Å². The lowest BCUT2D eigenvalue weighted by atomic mass is 10.1. The number of amides is 1. The topological polar surface area (TPSA) is 41.6 Å². The standard InChI is InChI=1S/C12H21F3N2O2/c1-2-6-17(10-4-3-5-16-7-10)11(18)8-19-9-12(13,14)15/h10,16H,2-9H2,1H3. The lowest BCUT2D eigenvalue weighted by Crippen LogP contribution is -2.50. The Labute approximate surface area is 111 Å². The molecule has 1 fully saturated rings. The number of carbonyl (C=O) groups excluding carboxylic acids is 1. The first kappa shape index (κ1) is 16.2. The summed E-state index contributed by atoms with van der Waals surface area (Å²) in [5.41, 5.74) is 0. The van der Waals surface area contributed by atoms with E-state index in [1.807, 2.05) is 6.92 Å². The van der Waals surface area contributed by atoms with Crippen molar-refractivity contribution in [3.05, 3.63) is 0 Å². The van der Waals surface area contributed by atoms with E-state index in [1.54, 1.807) is 4.90 Å². The van der Waals surface area contributed by atoms with Crippen LogP contribution in [0.15, 0.2) is 0 Å². The maximum atomic E-state index is 11.9. The first-order valence-electron chi connectivity index (χ1n) is 6.58. The van der Waals surface area contributed by atoms with E-state index in [-0.39, 0.29) is 11.9 Å². The zero-order chi connectivity index (χ0) is 14.3. The summed E-state index contributed by atoms with van der Waals surface area (Å²) in [5.74, 6) is -0.361. The summed E-state index contributed by atoms with van der Waals surface area (Å²) in [6.07, 6.45) is -1.75. The number of hydrogen-bond acceptors (Lipinski definition) is 3. The average molecular weight is 282 g/mol. The number of halogens is 3. The molecule has 4 nitrogen and oxygen atoms in total. The van der Waals surface area contributed by atoms with E-state index < -0.39 is 19.4 Å². The molecular formula is C12H21F3N2O2. The molecule has 0 spiro atoms. The summed E-state index contributed by atoms with van der Waals surface area (Å²) < 4.78 is 40.3. The van der Waals surface area contributed by atoms with E-state index in [0.29, 0.717) is 13.1 Å². The molecule has 0 aliphatic carbocycles. The first-order chi connectivity index (χ1) is 8.94. The Morgan fingerprint density at radius 3 is 2.74 bits per heavy atom. The van der Waals surface area contributed by atoms with Crippen molar-refractivity contribution in [3.8, 4) is 0 Å². The van der Waals surface area contributed by atoms with Crippen LogP contribution in [0.4, 0.5) is 13.2 Å². The van der Waals surface area contributed by atoms with E-state index in [2.05, 4.69) is 10.1 Å². The minimum absolute atomic E-state index is 0.0655. The predicted molar refractivity (Wildman–Crippen MR) is 64.8 cm³/mol. The quantitative estimate of drug-likeness (QED) is 0.804. The van der Waals surface area contributed by atoms with E-state index in [9.17, 15) is 18.0 Å². The number of nitrogens with one attached hydrogen (secondary N) is 1. The Kier molecular flexibility index (Phi) is 6.57. The van der Waals surface area contributed by atoms with Gasteiger partial charge in [0.2, 0.25) is 5.91 Å². The van der Waals surface area contributed by atoms with Crippen LogP contribution in [0.5, 0.6) is 0 Å². The highest BCUT2D eigenvalue weighted by Crippen LogP contribution is 2.15. The van der Waals surface area contributed by atoms with Gasteiger partial charge in [0.1, 0.15) is 13.2 Å². The van der Waals surface area contributed by atoms with Crippen molar-refractivity contribution >= 4 is 5.91 Å². The molecule has 0 bridgehead atoms. The molecule has 1 unspecified atom stereocenters. The molecule has 112 valence electrons. The van der Waals surface area contributed by atoms with Gasteiger partial charge in [-0.3, -0.25) is 4.79 Å². The minimum atomic E-state index is -4.39. The van der Waals surface area contributed by atoms with E-state index in [1.165, 1.54) is 0 Å². The highest BCUT2D eigenvalue weighted by atomic mass is 19.4. The van der Waals surface area contributed by atoms with Gasteiger partial charge in [-0.05, 0) is 25.8 Å². The third-order valence-corrected chi connectivity index (χ3v) is 2.99. The Hall–Kier alpha value is -0.820. The number of rotatable bonds is 6. The van der Waals surface area contributed by atoms with Crippen LogP contribution in [0.2, 0.25) is 0 Å². The third kappa shape index (κ3) is 6.24. The smallest absolute Gasteiger partial charge is 0.362 e. The molecule has 0 aromatic rings. The van der Waals surface area contributed by atoms with Crippen LogP contribution >= 0.6 is 0 Å². The van der Waals surface area contributed by atoms with Crippen molar-refractivity contribution in [2.24, 2.45) is 0 Å². The van der Waals surface area contributed by atoms with Crippen LogP contribution < -0.4 is 5.32 Å². The molecule has 1 aliphatic rings. The van der Waals surface area contributed by atoms with Gasteiger partial charge in [-0.25, -0.2) is 0 Å². The maximum absolute atomic E-state index is 11.9. The van der Waals surface area contributed by atoms with Crippen molar-refractivity contribution in [2.45, 2.75) is 38.4 Å². The SMILES string of the molecule is CCCN(C(=O)COCC(F)(F)F)C1CCCNC1. The molecule has 0 aromatic carbocycles. The van der Waals surface area contributed by atoms with Crippen LogP contribution in [0, 0.1) is 0 Å². The summed E-state index contributed by atoms with van der Waals surface area (Å²) >= 11 is 0. The zero-order valence-electron chi connectivity index (χ0n) is 11.1. The van der Waals surface area contributed by atoms with Gasteiger partial charge in [0.15, 0.2) is 0 Å². The molecular weight excluding hydrogens is 261 g/mol. The number of alkyl halides is 3. The van der Waals surface area contributed by atoms with Crippen molar-refractivity contribution in [1.82, 2.24) is 10.2 Å². The molecule has 1 saturated heterocycles. The normalized spacial score (nSPS) is 20.3. The number of nitrogens with zero attached hydrogens (tertiary/aromatic N) is 1. The largest absolute Gasteiger partial charge is 0.411 e. The van der Waals surface area contributed by atoms with E-state index in [4.69, 9.17) is 0 Å². The Balaban J connectivity index is 2.43. The number of carbonyl (C=O) groups is 1. The second-order valence-corrected chi connectivity index (χ2v) is 4.70. The molecule has 1 amide bonds. The molecule has 0 aromatic heterocycles. The van der Waals surface area contributed by atoms with Crippen LogP contribution in [-0.2, 0) is 9.53 Å². The Bertz CT molecular complexity index is 279. The van der Waals surface area contributed by atoms with Gasteiger partial charge in [0.25, 0.3) is 0 Å². The molecule has 1 N–H and O–H groups in total. The van der Waals surface area contributed by atoms with Crippen molar-refractivity contribution < 1.29 is 22.7 Å². The molecule has 1 aliphatic heterocycles. The molecule has 7 heteroatoms. The fourth-order valence-corrected chi connectivity index (χ4v) is 2.19. The maximum Gasteiger partial charge on any atom is 0.411 e. The third-order valence-electron chi connectivity index (χ3n) is 2.99. The number of hydrogen-bond donors (Lipinski definition) is 1. The van der Waals surface area contributed by atoms with Gasteiger partial charge in [-0.1, -0.05) is 6.92 Å². The van der Waals surface area contributed by atoms with Gasteiger partial charge in [0, 0.05) is 19.1 Å². The second kappa shape index (κ2) is 7.69. The first-order valence-corrected chi connectivity index (χ1v) is 6.58. The fourth-order valence-electron chi connectivity index (χ4n) is 2.19. The van der Waals surface area contributed by atoms with Gasteiger partial charge >= 0.3 is 6.18 Å².